The van der Waals surface area contributed by atoms with Crippen LogP contribution >= 0.6 is 11.8 Å². The molecule has 3 aromatic carbocycles. The molecule has 1 atom stereocenters. The van der Waals surface area contributed by atoms with E-state index in [1.165, 1.54) is 11.8 Å². The van der Waals surface area contributed by atoms with Crippen LogP contribution in [-0.2, 0) is 11.3 Å². The van der Waals surface area contributed by atoms with E-state index in [2.05, 4.69) is 21.6 Å². The molecule has 1 heterocycles. The molecule has 4 aromatic rings. The lowest BCUT2D eigenvalue weighted by Gasteiger charge is -2.15. The van der Waals surface area contributed by atoms with Gasteiger partial charge in [-0.15, -0.1) is 10.2 Å². The standard InChI is InChI=1S/C24H24N4O2S/c1-3-28-23(17(2)30-21-11-5-4-6-12-21)26-27-24(28)31-16-22(29)25-20-14-13-18-9-7-8-10-19(18)15-20/h4-15,17H,3,16H2,1-2H3,(H,25,29)/t17-/m1/s1. The van der Waals surface area contributed by atoms with Gasteiger partial charge in [0.2, 0.25) is 5.91 Å². The maximum atomic E-state index is 12.5. The van der Waals surface area contributed by atoms with Crippen LogP contribution in [0.3, 0.4) is 0 Å². The summed E-state index contributed by atoms with van der Waals surface area (Å²) in [4.78, 5) is 12.5. The van der Waals surface area contributed by atoms with Crippen molar-refractivity contribution in [3.63, 3.8) is 0 Å². The maximum Gasteiger partial charge on any atom is 0.234 e. The second-order valence-corrected chi connectivity index (χ2v) is 8.00. The molecule has 0 fully saturated rings. The van der Waals surface area contributed by atoms with Crippen molar-refractivity contribution in [2.45, 2.75) is 31.7 Å². The first-order valence-corrected chi connectivity index (χ1v) is 11.2. The Morgan fingerprint density at radius 1 is 1.03 bits per heavy atom. The molecular weight excluding hydrogens is 408 g/mol. The molecule has 0 bridgehead atoms. The van der Waals surface area contributed by atoms with Gasteiger partial charge in [0.1, 0.15) is 5.75 Å². The summed E-state index contributed by atoms with van der Waals surface area (Å²) < 4.78 is 7.97. The average molecular weight is 433 g/mol. The molecule has 0 unspecified atom stereocenters. The fraction of sp³-hybridized carbons (Fsp3) is 0.208. The monoisotopic (exact) mass is 432 g/mol. The second kappa shape index (κ2) is 9.66. The van der Waals surface area contributed by atoms with E-state index in [1.54, 1.807) is 0 Å². The topological polar surface area (TPSA) is 69.0 Å². The highest BCUT2D eigenvalue weighted by molar-refractivity contribution is 7.99. The minimum absolute atomic E-state index is 0.0823. The van der Waals surface area contributed by atoms with Crippen LogP contribution in [0.1, 0.15) is 25.8 Å². The lowest BCUT2D eigenvalue weighted by molar-refractivity contribution is -0.113. The molecule has 0 spiro atoms. The molecule has 0 aliphatic rings. The van der Waals surface area contributed by atoms with Gasteiger partial charge in [-0.1, -0.05) is 60.3 Å². The van der Waals surface area contributed by atoms with Gasteiger partial charge in [0.15, 0.2) is 17.1 Å². The summed E-state index contributed by atoms with van der Waals surface area (Å²) >= 11 is 1.37. The summed E-state index contributed by atoms with van der Waals surface area (Å²) in [5.41, 5.74) is 0.784. The number of thioether (sulfide) groups is 1. The minimum Gasteiger partial charge on any atom is -0.483 e. The van der Waals surface area contributed by atoms with Gasteiger partial charge in [0.05, 0.1) is 5.75 Å². The molecule has 0 aliphatic heterocycles. The molecule has 31 heavy (non-hydrogen) atoms. The molecule has 7 heteroatoms. The van der Waals surface area contributed by atoms with Gasteiger partial charge in [-0.3, -0.25) is 4.79 Å². The summed E-state index contributed by atoms with van der Waals surface area (Å²) in [6.45, 7) is 4.67. The Labute approximate surface area is 185 Å². The maximum absolute atomic E-state index is 12.5. The van der Waals surface area contributed by atoms with E-state index in [0.29, 0.717) is 11.7 Å². The predicted octanol–water partition coefficient (Wildman–Crippen LogP) is 5.32. The van der Waals surface area contributed by atoms with Crippen molar-refractivity contribution in [3.05, 3.63) is 78.6 Å². The third-order valence-corrected chi connectivity index (χ3v) is 5.81. The number of aromatic nitrogens is 3. The molecule has 1 amide bonds. The number of carbonyl (C=O) groups is 1. The zero-order valence-corrected chi connectivity index (χ0v) is 18.3. The van der Waals surface area contributed by atoms with E-state index in [0.717, 1.165) is 28.0 Å². The number of fused-ring (bicyclic) bond motifs is 1. The molecule has 6 nitrogen and oxygen atoms in total. The number of benzene rings is 3. The van der Waals surface area contributed by atoms with Crippen molar-refractivity contribution in [2.75, 3.05) is 11.1 Å². The molecule has 158 valence electrons. The lowest BCUT2D eigenvalue weighted by Crippen LogP contribution is -2.15. The lowest BCUT2D eigenvalue weighted by atomic mass is 10.1. The minimum atomic E-state index is -0.254. The van der Waals surface area contributed by atoms with E-state index >= 15 is 0 Å². The summed E-state index contributed by atoms with van der Waals surface area (Å²) in [5.74, 6) is 1.69. The van der Waals surface area contributed by atoms with Crippen molar-refractivity contribution in [3.8, 4) is 5.75 Å². The Hall–Kier alpha value is -3.32. The van der Waals surface area contributed by atoms with Gasteiger partial charge in [0, 0.05) is 12.2 Å². The highest BCUT2D eigenvalue weighted by Gasteiger charge is 2.19. The molecule has 0 saturated carbocycles. The normalized spacial score (nSPS) is 11.9. The number of hydrogen-bond acceptors (Lipinski definition) is 5. The van der Waals surface area contributed by atoms with Crippen LogP contribution in [0.15, 0.2) is 78.0 Å². The van der Waals surface area contributed by atoms with Crippen LogP contribution in [0.2, 0.25) is 0 Å². The Morgan fingerprint density at radius 3 is 2.55 bits per heavy atom. The fourth-order valence-electron chi connectivity index (χ4n) is 3.35. The highest BCUT2D eigenvalue weighted by atomic mass is 32.2. The molecule has 1 N–H and O–H groups in total. The number of hydrogen-bond donors (Lipinski definition) is 1. The number of nitrogens with zero attached hydrogens (tertiary/aromatic N) is 3. The summed E-state index contributed by atoms with van der Waals surface area (Å²) in [7, 11) is 0. The molecule has 4 rings (SSSR count). The smallest absolute Gasteiger partial charge is 0.234 e. The van der Waals surface area contributed by atoms with Crippen molar-refractivity contribution in [1.82, 2.24) is 14.8 Å². The van der Waals surface area contributed by atoms with Gasteiger partial charge < -0.3 is 14.6 Å². The number of amides is 1. The molecule has 0 aliphatic carbocycles. The first-order chi connectivity index (χ1) is 15.1. The van der Waals surface area contributed by atoms with Gasteiger partial charge >= 0.3 is 0 Å². The molecule has 1 aromatic heterocycles. The third kappa shape index (κ3) is 5.06. The van der Waals surface area contributed by atoms with Crippen LogP contribution in [0, 0.1) is 0 Å². The van der Waals surface area contributed by atoms with E-state index in [9.17, 15) is 4.79 Å². The van der Waals surface area contributed by atoms with Crippen LogP contribution in [0.25, 0.3) is 10.8 Å². The highest BCUT2D eigenvalue weighted by Crippen LogP contribution is 2.25. The fourth-order valence-corrected chi connectivity index (χ4v) is 4.16. The van der Waals surface area contributed by atoms with Crippen LogP contribution in [0.4, 0.5) is 5.69 Å². The Morgan fingerprint density at radius 2 is 1.77 bits per heavy atom. The van der Waals surface area contributed by atoms with E-state index in [-0.39, 0.29) is 17.8 Å². The zero-order chi connectivity index (χ0) is 21.6. The number of nitrogens with one attached hydrogen (secondary N) is 1. The van der Waals surface area contributed by atoms with Gasteiger partial charge in [-0.05, 0) is 48.9 Å². The molecular formula is C24H24N4O2S. The van der Waals surface area contributed by atoms with Crippen molar-refractivity contribution >= 4 is 34.1 Å². The number of para-hydroxylation sites is 1. The Kier molecular flexibility index (Phi) is 6.52. The van der Waals surface area contributed by atoms with E-state index in [1.807, 2.05) is 85.1 Å². The van der Waals surface area contributed by atoms with E-state index < -0.39 is 0 Å². The zero-order valence-electron chi connectivity index (χ0n) is 17.5. The first-order valence-electron chi connectivity index (χ1n) is 10.2. The summed E-state index contributed by atoms with van der Waals surface area (Å²) in [6.07, 6.45) is -0.254. The average Bonchev–Trinajstić information content (AvgIpc) is 3.21. The van der Waals surface area contributed by atoms with Crippen molar-refractivity contribution < 1.29 is 9.53 Å². The second-order valence-electron chi connectivity index (χ2n) is 7.06. The quantitative estimate of drug-likeness (QED) is 0.382. The van der Waals surface area contributed by atoms with Gasteiger partial charge in [-0.2, -0.15) is 0 Å². The Bertz CT molecular complexity index is 1180. The summed E-state index contributed by atoms with van der Waals surface area (Å²) in [6, 6.07) is 23.6. The SMILES string of the molecule is CCn1c(SCC(=O)Nc2ccc3ccccc3c2)nnc1[C@@H](C)Oc1ccccc1. The summed E-state index contributed by atoms with van der Waals surface area (Å²) in [5, 5.41) is 14.5. The molecule has 0 radical (unpaired) electrons. The van der Waals surface area contributed by atoms with Crippen LogP contribution < -0.4 is 10.1 Å². The van der Waals surface area contributed by atoms with Gasteiger partial charge in [0.25, 0.3) is 0 Å². The van der Waals surface area contributed by atoms with Gasteiger partial charge in [-0.25, -0.2) is 0 Å². The van der Waals surface area contributed by atoms with Crippen molar-refractivity contribution in [1.29, 1.82) is 0 Å². The van der Waals surface area contributed by atoms with Crippen LogP contribution in [-0.4, -0.2) is 26.4 Å². The predicted molar refractivity (Wildman–Crippen MR) is 124 cm³/mol. The third-order valence-electron chi connectivity index (χ3n) is 4.85. The largest absolute Gasteiger partial charge is 0.483 e. The number of carbonyl (C=O) groups excluding carboxylic acids is 1. The molecule has 0 saturated heterocycles. The van der Waals surface area contributed by atoms with E-state index in [4.69, 9.17) is 4.74 Å². The number of ether oxygens (including phenoxy) is 1. The number of rotatable bonds is 8. The number of anilines is 1. The first kappa shape index (κ1) is 20.9. The van der Waals surface area contributed by atoms with Crippen LogP contribution in [0.5, 0.6) is 5.75 Å². The Balaban J connectivity index is 1.39. The van der Waals surface area contributed by atoms with Crippen molar-refractivity contribution in [2.24, 2.45) is 0 Å².